The molecule has 0 unspecified atom stereocenters. The van der Waals surface area contributed by atoms with E-state index in [1.165, 1.54) is 11.8 Å². The van der Waals surface area contributed by atoms with Crippen molar-refractivity contribution in [2.24, 2.45) is 0 Å². The average molecular weight is 332 g/mol. The van der Waals surface area contributed by atoms with Crippen molar-refractivity contribution in [2.45, 2.75) is 18.9 Å². The third kappa shape index (κ3) is 4.39. The van der Waals surface area contributed by atoms with Crippen LogP contribution in [0.4, 0.5) is 5.69 Å². The number of nitrogens with zero attached hydrogens (tertiary/aromatic N) is 1. The van der Waals surface area contributed by atoms with E-state index in [2.05, 4.69) is 10.3 Å². The number of amides is 1. The van der Waals surface area contributed by atoms with Crippen LogP contribution < -0.4 is 14.8 Å². The summed E-state index contributed by atoms with van der Waals surface area (Å²) in [7, 11) is 0. The number of carbonyl (C=O) groups is 1. The van der Waals surface area contributed by atoms with Gasteiger partial charge in [-0.15, -0.1) is 11.8 Å². The molecule has 1 aromatic heterocycles. The van der Waals surface area contributed by atoms with E-state index in [1.807, 2.05) is 20.1 Å². The van der Waals surface area contributed by atoms with Crippen LogP contribution in [0.15, 0.2) is 41.6 Å². The van der Waals surface area contributed by atoms with Crippen LogP contribution in [0.3, 0.4) is 0 Å². The molecule has 0 fully saturated rings. The fourth-order valence-corrected chi connectivity index (χ4v) is 2.60. The number of hydrogen-bond donors (Lipinski definition) is 1. The highest BCUT2D eigenvalue weighted by Crippen LogP contribution is 2.31. The highest BCUT2D eigenvalue weighted by Gasteiger charge is 2.13. The zero-order chi connectivity index (χ0) is 16.7. The van der Waals surface area contributed by atoms with Crippen molar-refractivity contribution in [3.8, 4) is 11.5 Å². The van der Waals surface area contributed by atoms with Crippen LogP contribution in [0.5, 0.6) is 11.5 Å². The Morgan fingerprint density at radius 3 is 2.61 bits per heavy atom. The van der Waals surface area contributed by atoms with Gasteiger partial charge in [-0.25, -0.2) is 4.98 Å². The van der Waals surface area contributed by atoms with E-state index >= 15 is 0 Å². The van der Waals surface area contributed by atoms with Gasteiger partial charge in [-0.05, 0) is 44.4 Å². The summed E-state index contributed by atoms with van der Waals surface area (Å²) in [6, 6.07) is 8.86. The minimum atomic E-state index is -0.200. The molecule has 0 radical (unpaired) electrons. The third-order valence-electron chi connectivity index (χ3n) is 3.01. The Bertz CT molecular complexity index is 677. The van der Waals surface area contributed by atoms with Crippen molar-refractivity contribution >= 4 is 23.4 Å². The number of nitrogens with one attached hydrogen (secondary N) is 1. The maximum atomic E-state index is 12.4. The number of rotatable bonds is 7. The summed E-state index contributed by atoms with van der Waals surface area (Å²) in [5.41, 5.74) is 1.20. The lowest BCUT2D eigenvalue weighted by atomic mass is 10.2. The summed E-state index contributed by atoms with van der Waals surface area (Å²) < 4.78 is 11.1. The molecule has 0 aliphatic heterocycles. The van der Waals surface area contributed by atoms with E-state index in [0.717, 1.165) is 0 Å². The average Bonchev–Trinajstić information content (AvgIpc) is 2.57. The summed E-state index contributed by atoms with van der Waals surface area (Å²) in [5.74, 6) is 1.08. The van der Waals surface area contributed by atoms with Gasteiger partial charge >= 0.3 is 0 Å². The zero-order valence-electron chi connectivity index (χ0n) is 13.5. The Kier molecular flexibility index (Phi) is 6.29. The summed E-state index contributed by atoms with van der Waals surface area (Å²) in [6.07, 6.45) is 3.57. The number of carbonyl (C=O) groups excluding carboxylic acids is 1. The molecule has 1 amide bonds. The monoisotopic (exact) mass is 332 g/mol. The Labute approximate surface area is 140 Å². The van der Waals surface area contributed by atoms with Crippen molar-refractivity contribution in [3.05, 3.63) is 42.1 Å². The Hall–Kier alpha value is -2.21. The molecule has 0 bridgehead atoms. The molecule has 6 heteroatoms. The molecule has 0 aliphatic rings. The van der Waals surface area contributed by atoms with Crippen molar-refractivity contribution in [1.82, 2.24) is 4.98 Å². The summed E-state index contributed by atoms with van der Waals surface area (Å²) in [5, 5.41) is 3.57. The van der Waals surface area contributed by atoms with Crippen LogP contribution in [0.25, 0.3) is 0 Å². The highest BCUT2D eigenvalue weighted by molar-refractivity contribution is 7.98. The zero-order valence-corrected chi connectivity index (χ0v) is 14.3. The van der Waals surface area contributed by atoms with E-state index in [4.69, 9.17) is 9.47 Å². The van der Waals surface area contributed by atoms with Crippen LogP contribution in [0.1, 0.15) is 24.2 Å². The molecule has 0 atom stereocenters. The van der Waals surface area contributed by atoms with Gasteiger partial charge < -0.3 is 14.8 Å². The minimum Gasteiger partial charge on any atom is -0.490 e. The van der Waals surface area contributed by atoms with Gasteiger partial charge in [-0.2, -0.15) is 0 Å². The Morgan fingerprint density at radius 2 is 1.91 bits per heavy atom. The van der Waals surface area contributed by atoms with Crippen molar-refractivity contribution in [3.63, 3.8) is 0 Å². The number of thioether (sulfide) groups is 1. The fraction of sp³-hybridized carbons (Fsp3) is 0.294. The summed E-state index contributed by atoms with van der Waals surface area (Å²) >= 11 is 1.44. The van der Waals surface area contributed by atoms with Gasteiger partial charge in [0.15, 0.2) is 11.5 Å². The smallest absolute Gasteiger partial charge is 0.258 e. The lowest BCUT2D eigenvalue weighted by molar-refractivity contribution is 0.102. The minimum absolute atomic E-state index is 0.200. The van der Waals surface area contributed by atoms with Gasteiger partial charge in [0.1, 0.15) is 5.03 Å². The summed E-state index contributed by atoms with van der Waals surface area (Å²) in [4.78, 5) is 16.6. The highest BCUT2D eigenvalue weighted by atomic mass is 32.2. The maximum absolute atomic E-state index is 12.4. The first-order valence-corrected chi connectivity index (χ1v) is 8.62. The second kappa shape index (κ2) is 8.43. The van der Waals surface area contributed by atoms with E-state index in [0.29, 0.717) is 41.0 Å². The topological polar surface area (TPSA) is 60.5 Å². The molecule has 122 valence electrons. The number of pyridine rings is 1. The van der Waals surface area contributed by atoms with Crippen molar-refractivity contribution in [2.75, 3.05) is 24.8 Å². The maximum Gasteiger partial charge on any atom is 0.258 e. The van der Waals surface area contributed by atoms with E-state index in [9.17, 15) is 4.79 Å². The first-order valence-electron chi connectivity index (χ1n) is 7.39. The van der Waals surface area contributed by atoms with Gasteiger partial charge in [-0.3, -0.25) is 4.79 Å². The van der Waals surface area contributed by atoms with Crippen LogP contribution in [-0.2, 0) is 0 Å². The molecule has 1 heterocycles. The quantitative estimate of drug-likeness (QED) is 0.780. The van der Waals surface area contributed by atoms with Gasteiger partial charge in [0.05, 0.1) is 18.8 Å². The predicted octanol–water partition coefficient (Wildman–Crippen LogP) is 3.85. The lowest BCUT2D eigenvalue weighted by Gasteiger charge is -2.13. The first-order chi connectivity index (χ1) is 11.2. The van der Waals surface area contributed by atoms with E-state index < -0.39 is 0 Å². The number of ether oxygens (including phenoxy) is 2. The Balaban J connectivity index is 2.22. The van der Waals surface area contributed by atoms with E-state index in [1.54, 1.807) is 36.5 Å². The molecular weight excluding hydrogens is 312 g/mol. The SMILES string of the molecule is CCOc1ccc(NC(=O)c2cccnc2SC)cc1OCC. The molecular formula is C17H20N2O3S. The molecule has 0 spiro atoms. The van der Waals surface area contributed by atoms with Gasteiger partial charge in [-0.1, -0.05) is 0 Å². The van der Waals surface area contributed by atoms with Gasteiger partial charge in [0.2, 0.25) is 0 Å². The van der Waals surface area contributed by atoms with Gasteiger partial charge in [0, 0.05) is 18.0 Å². The molecule has 5 nitrogen and oxygen atoms in total. The fourth-order valence-electron chi connectivity index (χ4n) is 2.05. The van der Waals surface area contributed by atoms with Crippen LogP contribution in [0.2, 0.25) is 0 Å². The molecule has 2 rings (SSSR count). The normalized spacial score (nSPS) is 10.2. The largest absolute Gasteiger partial charge is 0.490 e. The first kappa shape index (κ1) is 17.1. The molecule has 0 saturated carbocycles. The van der Waals surface area contributed by atoms with Crippen LogP contribution in [0, 0.1) is 0 Å². The number of anilines is 1. The van der Waals surface area contributed by atoms with Crippen molar-refractivity contribution < 1.29 is 14.3 Å². The molecule has 1 aromatic carbocycles. The Morgan fingerprint density at radius 1 is 1.17 bits per heavy atom. The molecule has 0 aliphatic carbocycles. The molecule has 0 saturated heterocycles. The molecule has 1 N–H and O–H groups in total. The molecule has 23 heavy (non-hydrogen) atoms. The number of aromatic nitrogens is 1. The lowest BCUT2D eigenvalue weighted by Crippen LogP contribution is -2.13. The summed E-state index contributed by atoms with van der Waals surface area (Å²) in [6.45, 7) is 4.90. The standard InChI is InChI=1S/C17H20N2O3S/c1-4-21-14-9-8-12(11-15(14)22-5-2)19-16(20)13-7-6-10-18-17(13)23-3/h6-11H,4-5H2,1-3H3,(H,19,20). The van der Waals surface area contributed by atoms with Crippen LogP contribution >= 0.6 is 11.8 Å². The van der Waals surface area contributed by atoms with Crippen LogP contribution in [-0.4, -0.2) is 30.4 Å². The number of benzene rings is 1. The van der Waals surface area contributed by atoms with Crippen molar-refractivity contribution in [1.29, 1.82) is 0 Å². The number of hydrogen-bond acceptors (Lipinski definition) is 5. The third-order valence-corrected chi connectivity index (χ3v) is 3.72. The second-order valence-corrected chi connectivity index (χ2v) is 5.34. The predicted molar refractivity (Wildman–Crippen MR) is 92.8 cm³/mol. The van der Waals surface area contributed by atoms with Gasteiger partial charge in [0.25, 0.3) is 5.91 Å². The van der Waals surface area contributed by atoms with E-state index in [-0.39, 0.29) is 5.91 Å². The second-order valence-electron chi connectivity index (χ2n) is 4.54. The molecule has 2 aromatic rings.